The molecule has 1 aromatic heterocycles. The Kier molecular flexibility index (Phi) is 3.52. The molecular weight excluding hydrogens is 252 g/mol. The molecule has 0 bridgehead atoms. The second kappa shape index (κ2) is 5.46. The first-order chi connectivity index (χ1) is 9.74. The van der Waals surface area contributed by atoms with E-state index in [0.717, 1.165) is 24.5 Å². The number of carbonyl (C=O) groups excluding carboxylic acids is 1. The molecule has 1 aliphatic heterocycles. The van der Waals surface area contributed by atoms with Gasteiger partial charge in [0.25, 0.3) is 0 Å². The predicted octanol–water partition coefficient (Wildman–Crippen LogP) is 1.32. The molecule has 1 aliphatic rings. The average Bonchev–Trinajstić information content (AvgIpc) is 3.03. The number of rotatable bonds is 4. The third kappa shape index (κ3) is 2.58. The molecule has 0 spiro atoms. The maximum Gasteiger partial charge on any atom is 0.228 e. The largest absolute Gasteiger partial charge is 0.337 e. The van der Waals surface area contributed by atoms with Crippen molar-refractivity contribution in [3.63, 3.8) is 0 Å². The molecular formula is C15H18N4O. The molecule has 5 nitrogen and oxygen atoms in total. The number of amides is 1. The molecule has 1 amide bonds. The van der Waals surface area contributed by atoms with E-state index in [1.165, 1.54) is 0 Å². The van der Waals surface area contributed by atoms with Gasteiger partial charge in [-0.05, 0) is 12.1 Å². The number of nitrogens with one attached hydrogen (secondary N) is 1. The van der Waals surface area contributed by atoms with Gasteiger partial charge < -0.3 is 14.8 Å². The van der Waals surface area contributed by atoms with Crippen molar-refractivity contribution in [2.45, 2.75) is 19.0 Å². The average molecular weight is 270 g/mol. The summed E-state index contributed by atoms with van der Waals surface area (Å²) in [7, 11) is 1.97. The maximum atomic E-state index is 12.1. The molecule has 5 heteroatoms. The van der Waals surface area contributed by atoms with E-state index in [1.807, 2.05) is 53.0 Å². The number of para-hydroxylation sites is 1. The van der Waals surface area contributed by atoms with Crippen molar-refractivity contribution in [2.24, 2.45) is 7.05 Å². The number of nitrogens with zero attached hydrogens (tertiary/aromatic N) is 3. The third-order valence-corrected chi connectivity index (χ3v) is 3.68. The fourth-order valence-electron chi connectivity index (χ4n) is 2.51. The van der Waals surface area contributed by atoms with Gasteiger partial charge in [0.15, 0.2) is 0 Å². The van der Waals surface area contributed by atoms with Gasteiger partial charge in [0.2, 0.25) is 5.91 Å². The zero-order valence-corrected chi connectivity index (χ0v) is 11.5. The lowest BCUT2D eigenvalue weighted by atomic mass is 10.2. The monoisotopic (exact) mass is 270 g/mol. The molecule has 1 aromatic carbocycles. The van der Waals surface area contributed by atoms with E-state index in [1.54, 1.807) is 6.33 Å². The van der Waals surface area contributed by atoms with Crippen LogP contribution < -0.4 is 10.2 Å². The molecule has 0 aliphatic carbocycles. The van der Waals surface area contributed by atoms with Crippen LogP contribution in [0.1, 0.15) is 12.1 Å². The van der Waals surface area contributed by atoms with Gasteiger partial charge >= 0.3 is 0 Å². The number of hydrogen-bond acceptors (Lipinski definition) is 3. The highest BCUT2D eigenvalue weighted by atomic mass is 16.2. The Bertz CT molecular complexity index is 593. The van der Waals surface area contributed by atoms with Crippen molar-refractivity contribution in [3.8, 4) is 0 Å². The number of benzene rings is 1. The quantitative estimate of drug-likeness (QED) is 0.911. The minimum Gasteiger partial charge on any atom is -0.337 e. The summed E-state index contributed by atoms with van der Waals surface area (Å²) < 4.78 is 1.98. The number of hydrogen-bond donors (Lipinski definition) is 1. The Morgan fingerprint density at radius 3 is 2.85 bits per heavy atom. The lowest BCUT2D eigenvalue weighted by Gasteiger charge is -2.17. The van der Waals surface area contributed by atoms with Crippen LogP contribution in [0, 0.1) is 0 Å². The molecule has 1 saturated heterocycles. The van der Waals surface area contributed by atoms with Crippen molar-refractivity contribution in [1.82, 2.24) is 14.9 Å². The van der Waals surface area contributed by atoms with E-state index in [0.29, 0.717) is 6.42 Å². The Morgan fingerprint density at radius 1 is 1.35 bits per heavy atom. The molecule has 0 radical (unpaired) electrons. The smallest absolute Gasteiger partial charge is 0.228 e. The van der Waals surface area contributed by atoms with Crippen molar-refractivity contribution in [1.29, 1.82) is 0 Å². The molecule has 3 rings (SSSR count). The fraction of sp³-hybridized carbons (Fsp3) is 0.333. The topological polar surface area (TPSA) is 50.2 Å². The van der Waals surface area contributed by atoms with E-state index < -0.39 is 0 Å². The lowest BCUT2D eigenvalue weighted by Crippen LogP contribution is -2.32. The second-order valence-electron chi connectivity index (χ2n) is 5.12. The summed E-state index contributed by atoms with van der Waals surface area (Å²) in [5.41, 5.74) is 2.10. The summed E-state index contributed by atoms with van der Waals surface area (Å²) in [5, 5.41) is 3.43. The number of aromatic nitrogens is 2. The molecule has 1 fully saturated rings. The van der Waals surface area contributed by atoms with Crippen LogP contribution in [0.2, 0.25) is 0 Å². The third-order valence-electron chi connectivity index (χ3n) is 3.68. The highest BCUT2D eigenvalue weighted by Crippen LogP contribution is 2.21. The normalized spacial score (nSPS) is 18.8. The summed E-state index contributed by atoms with van der Waals surface area (Å²) in [6, 6.07) is 10.0. The molecule has 0 unspecified atom stereocenters. The Balaban J connectivity index is 1.61. The van der Waals surface area contributed by atoms with Gasteiger partial charge in [-0.25, -0.2) is 4.98 Å². The van der Waals surface area contributed by atoms with Crippen LogP contribution >= 0.6 is 0 Å². The summed E-state index contributed by atoms with van der Waals surface area (Å²) in [6.07, 6.45) is 4.18. The van der Waals surface area contributed by atoms with Crippen LogP contribution in [0.4, 0.5) is 5.69 Å². The van der Waals surface area contributed by atoms with Crippen molar-refractivity contribution in [2.75, 3.05) is 11.4 Å². The molecule has 104 valence electrons. The lowest BCUT2D eigenvalue weighted by molar-refractivity contribution is -0.117. The number of imidazole rings is 1. The molecule has 2 aromatic rings. The second-order valence-corrected chi connectivity index (χ2v) is 5.12. The summed E-state index contributed by atoms with van der Waals surface area (Å²) in [6.45, 7) is 1.46. The van der Waals surface area contributed by atoms with Gasteiger partial charge in [-0.15, -0.1) is 0 Å². The van der Waals surface area contributed by atoms with Crippen LogP contribution in [0.25, 0.3) is 0 Å². The highest BCUT2D eigenvalue weighted by Gasteiger charge is 2.30. The van der Waals surface area contributed by atoms with Crippen LogP contribution in [0.3, 0.4) is 0 Å². The van der Waals surface area contributed by atoms with Gasteiger partial charge in [0.05, 0.1) is 12.0 Å². The molecule has 1 atom stereocenters. The Hall–Kier alpha value is -2.14. The van der Waals surface area contributed by atoms with Gasteiger partial charge in [-0.3, -0.25) is 4.79 Å². The summed E-state index contributed by atoms with van der Waals surface area (Å²) >= 11 is 0. The molecule has 20 heavy (non-hydrogen) atoms. The standard InChI is InChI=1S/C15H18N4O/c1-18-11-16-8-14(18)9-17-12-7-15(20)19(10-12)13-5-3-2-4-6-13/h2-6,8,11-12,17H,7,9-10H2,1H3/t12-/m0/s1. The van der Waals surface area contributed by atoms with E-state index >= 15 is 0 Å². The van der Waals surface area contributed by atoms with Gasteiger partial charge in [-0.1, -0.05) is 18.2 Å². The van der Waals surface area contributed by atoms with E-state index in [2.05, 4.69) is 10.3 Å². The highest BCUT2D eigenvalue weighted by molar-refractivity contribution is 5.96. The van der Waals surface area contributed by atoms with Crippen LogP contribution in [0.15, 0.2) is 42.9 Å². The van der Waals surface area contributed by atoms with Crippen LogP contribution in [-0.2, 0) is 18.4 Å². The van der Waals surface area contributed by atoms with Crippen molar-refractivity contribution >= 4 is 11.6 Å². The first-order valence-corrected chi connectivity index (χ1v) is 6.78. The summed E-state index contributed by atoms with van der Waals surface area (Å²) in [4.78, 5) is 18.0. The van der Waals surface area contributed by atoms with Crippen LogP contribution in [-0.4, -0.2) is 28.0 Å². The number of anilines is 1. The zero-order chi connectivity index (χ0) is 13.9. The van der Waals surface area contributed by atoms with E-state index in [-0.39, 0.29) is 11.9 Å². The first kappa shape index (κ1) is 12.9. The summed E-state index contributed by atoms with van der Waals surface area (Å²) in [5.74, 6) is 0.179. The van der Waals surface area contributed by atoms with Crippen molar-refractivity contribution < 1.29 is 4.79 Å². The number of carbonyl (C=O) groups is 1. The number of aryl methyl sites for hydroxylation is 1. The van der Waals surface area contributed by atoms with E-state index in [9.17, 15) is 4.79 Å². The van der Waals surface area contributed by atoms with Gasteiger partial charge in [0, 0.05) is 44.5 Å². The van der Waals surface area contributed by atoms with Gasteiger partial charge in [-0.2, -0.15) is 0 Å². The van der Waals surface area contributed by atoms with E-state index in [4.69, 9.17) is 0 Å². The molecule has 0 saturated carbocycles. The first-order valence-electron chi connectivity index (χ1n) is 6.78. The molecule has 1 N–H and O–H groups in total. The van der Waals surface area contributed by atoms with Gasteiger partial charge in [0.1, 0.15) is 0 Å². The minimum atomic E-state index is 0.179. The minimum absolute atomic E-state index is 0.179. The predicted molar refractivity (Wildman–Crippen MR) is 77.2 cm³/mol. The Labute approximate surface area is 118 Å². The fourth-order valence-corrected chi connectivity index (χ4v) is 2.51. The van der Waals surface area contributed by atoms with Crippen LogP contribution in [0.5, 0.6) is 0 Å². The maximum absolute atomic E-state index is 12.1. The Morgan fingerprint density at radius 2 is 2.15 bits per heavy atom. The SMILES string of the molecule is Cn1cncc1CN[C@H]1CC(=O)N(c2ccccc2)C1. The van der Waals surface area contributed by atoms with Crippen molar-refractivity contribution in [3.05, 3.63) is 48.5 Å². The molecule has 2 heterocycles. The zero-order valence-electron chi connectivity index (χ0n) is 11.5.